The number of fused-ring (bicyclic) bond motifs is 5. The molecule has 2 aromatic carbocycles. The molecule has 0 radical (unpaired) electrons. The van der Waals surface area contributed by atoms with Gasteiger partial charge in [-0.3, -0.25) is 4.79 Å². The minimum atomic E-state index is -0.0814. The lowest BCUT2D eigenvalue weighted by atomic mass is 9.89. The van der Waals surface area contributed by atoms with Gasteiger partial charge in [0, 0.05) is 5.56 Å². The Morgan fingerprint density at radius 1 is 1.25 bits per heavy atom. The van der Waals surface area contributed by atoms with Gasteiger partial charge in [0.15, 0.2) is 0 Å². The van der Waals surface area contributed by atoms with Crippen LogP contribution < -0.4 is 4.74 Å². The number of benzene rings is 2. The van der Waals surface area contributed by atoms with Crippen LogP contribution in [0.15, 0.2) is 47.4 Å². The van der Waals surface area contributed by atoms with Gasteiger partial charge in [0.2, 0.25) is 0 Å². The van der Waals surface area contributed by atoms with Crippen molar-refractivity contribution in [2.75, 3.05) is 0 Å². The summed E-state index contributed by atoms with van der Waals surface area (Å²) in [5.74, 6) is 0.617. The lowest BCUT2D eigenvalue weighted by Gasteiger charge is -2.27. The van der Waals surface area contributed by atoms with Gasteiger partial charge in [-0.15, -0.1) is 11.8 Å². The number of ether oxygens (including phenoxy) is 1. The average Bonchev–Trinajstić information content (AvgIpc) is 2.92. The Kier molecular flexibility index (Phi) is 2.64. The highest BCUT2D eigenvalue weighted by Gasteiger charge is 2.44. The Balaban J connectivity index is 1.97. The van der Waals surface area contributed by atoms with Crippen LogP contribution in [-0.4, -0.2) is 5.97 Å². The molecule has 0 saturated carbocycles. The lowest BCUT2D eigenvalue weighted by Crippen LogP contribution is -2.27. The van der Waals surface area contributed by atoms with E-state index in [2.05, 4.69) is 18.2 Å². The fraction of sp³-hybridized carbons (Fsp3) is 0.235. The molecule has 100 valence electrons. The van der Waals surface area contributed by atoms with Crippen LogP contribution in [0.2, 0.25) is 0 Å². The number of allylic oxidation sites excluding steroid dienone is 2. The van der Waals surface area contributed by atoms with Crippen molar-refractivity contribution in [1.29, 1.82) is 0 Å². The highest BCUT2D eigenvalue weighted by atomic mass is 32.2. The van der Waals surface area contributed by atoms with E-state index >= 15 is 0 Å². The van der Waals surface area contributed by atoms with Gasteiger partial charge in [0.25, 0.3) is 0 Å². The number of rotatable bonds is 0. The molecule has 2 aliphatic rings. The normalized spacial score (nSPS) is 26.4. The lowest BCUT2D eigenvalue weighted by molar-refractivity contribution is -0.139. The summed E-state index contributed by atoms with van der Waals surface area (Å²) in [6, 6.07) is 12.3. The Hall–Kier alpha value is -1.74. The number of hydrogen-bond donors (Lipinski definition) is 0. The third kappa shape index (κ3) is 1.63. The molecule has 0 aromatic heterocycles. The van der Waals surface area contributed by atoms with Crippen molar-refractivity contribution in [2.45, 2.75) is 18.6 Å². The second kappa shape index (κ2) is 4.38. The standard InChI is InChI=1S/C17H14O2S/c1-2-11-9-13-16(20-11)15-12-6-4-3-5-10(12)7-8-14(15)19-17(13)18/h2-8,13,16H,9H2,1H3/b11-2+. The fourth-order valence-corrected chi connectivity index (χ4v) is 4.58. The van der Waals surface area contributed by atoms with Crippen LogP contribution in [0.25, 0.3) is 10.8 Å². The van der Waals surface area contributed by atoms with E-state index in [1.807, 2.05) is 43.0 Å². The second-order valence-electron chi connectivity index (χ2n) is 5.22. The molecule has 1 fully saturated rings. The zero-order valence-electron chi connectivity index (χ0n) is 11.1. The van der Waals surface area contributed by atoms with E-state index in [1.165, 1.54) is 21.2 Å². The molecule has 2 unspecified atom stereocenters. The molecule has 1 saturated heterocycles. The van der Waals surface area contributed by atoms with Gasteiger partial charge in [-0.05, 0) is 35.1 Å². The molecule has 0 bridgehead atoms. The van der Waals surface area contributed by atoms with Gasteiger partial charge in [-0.1, -0.05) is 36.4 Å². The van der Waals surface area contributed by atoms with E-state index in [4.69, 9.17) is 4.74 Å². The van der Waals surface area contributed by atoms with Gasteiger partial charge in [0.05, 0.1) is 11.2 Å². The Labute approximate surface area is 121 Å². The Morgan fingerprint density at radius 3 is 2.95 bits per heavy atom. The van der Waals surface area contributed by atoms with Gasteiger partial charge >= 0.3 is 5.97 Å². The van der Waals surface area contributed by atoms with Crippen molar-refractivity contribution in [3.05, 3.63) is 52.9 Å². The van der Waals surface area contributed by atoms with Crippen molar-refractivity contribution < 1.29 is 9.53 Å². The number of esters is 1. The summed E-state index contributed by atoms with van der Waals surface area (Å²) in [6.07, 6.45) is 2.92. The smallest absolute Gasteiger partial charge is 0.316 e. The minimum Gasteiger partial charge on any atom is -0.426 e. The maximum absolute atomic E-state index is 12.2. The topological polar surface area (TPSA) is 26.3 Å². The quantitative estimate of drug-likeness (QED) is 0.527. The van der Waals surface area contributed by atoms with E-state index < -0.39 is 0 Å². The molecule has 20 heavy (non-hydrogen) atoms. The number of hydrogen-bond acceptors (Lipinski definition) is 3. The monoisotopic (exact) mass is 282 g/mol. The van der Waals surface area contributed by atoms with Crippen LogP contribution in [0.4, 0.5) is 0 Å². The van der Waals surface area contributed by atoms with Crippen molar-refractivity contribution in [1.82, 2.24) is 0 Å². The predicted octanol–water partition coefficient (Wildman–Crippen LogP) is 4.46. The van der Waals surface area contributed by atoms with E-state index in [0.717, 1.165) is 12.2 Å². The number of carbonyl (C=O) groups excluding carboxylic acids is 1. The summed E-state index contributed by atoms with van der Waals surface area (Å²) >= 11 is 1.82. The highest BCUT2D eigenvalue weighted by Crippen LogP contribution is 2.57. The summed E-state index contributed by atoms with van der Waals surface area (Å²) in [5.41, 5.74) is 1.19. The maximum Gasteiger partial charge on any atom is 0.316 e. The Morgan fingerprint density at radius 2 is 2.10 bits per heavy atom. The summed E-state index contributed by atoms with van der Waals surface area (Å²) < 4.78 is 5.57. The third-order valence-corrected chi connectivity index (χ3v) is 5.64. The largest absolute Gasteiger partial charge is 0.426 e. The van der Waals surface area contributed by atoms with Crippen LogP contribution in [0.3, 0.4) is 0 Å². The predicted molar refractivity (Wildman–Crippen MR) is 81.8 cm³/mol. The zero-order valence-corrected chi connectivity index (χ0v) is 11.9. The SMILES string of the molecule is C/C=C1\CC2C(=O)Oc3ccc4ccccc4c3C2S1. The number of carbonyl (C=O) groups is 1. The van der Waals surface area contributed by atoms with Crippen molar-refractivity contribution in [3.63, 3.8) is 0 Å². The average molecular weight is 282 g/mol. The zero-order chi connectivity index (χ0) is 13.7. The fourth-order valence-electron chi connectivity index (χ4n) is 3.11. The molecule has 0 spiro atoms. The second-order valence-corrected chi connectivity index (χ2v) is 6.49. The van der Waals surface area contributed by atoms with Crippen molar-refractivity contribution >= 4 is 28.5 Å². The first-order valence-corrected chi connectivity index (χ1v) is 7.71. The molecule has 2 aromatic rings. The molecule has 2 aliphatic heterocycles. The molecule has 2 heterocycles. The van der Waals surface area contributed by atoms with Crippen LogP contribution in [0.5, 0.6) is 5.75 Å². The van der Waals surface area contributed by atoms with Gasteiger partial charge in [-0.2, -0.15) is 0 Å². The molecule has 2 nitrogen and oxygen atoms in total. The highest BCUT2D eigenvalue weighted by molar-refractivity contribution is 8.03. The molecule has 3 heteroatoms. The van der Waals surface area contributed by atoms with Gasteiger partial charge in [-0.25, -0.2) is 0 Å². The van der Waals surface area contributed by atoms with Crippen LogP contribution in [-0.2, 0) is 4.79 Å². The van der Waals surface area contributed by atoms with Crippen LogP contribution in [0, 0.1) is 5.92 Å². The molecule has 0 amide bonds. The molecular weight excluding hydrogens is 268 g/mol. The molecule has 2 atom stereocenters. The third-order valence-electron chi connectivity index (χ3n) is 4.12. The molecule has 0 N–H and O–H groups in total. The maximum atomic E-state index is 12.2. The Bertz CT molecular complexity index is 748. The van der Waals surface area contributed by atoms with E-state index in [-0.39, 0.29) is 17.1 Å². The molecular formula is C17H14O2S. The first kappa shape index (κ1) is 12.0. The molecule has 4 rings (SSSR count). The molecule has 0 aliphatic carbocycles. The van der Waals surface area contributed by atoms with Crippen molar-refractivity contribution in [3.8, 4) is 5.75 Å². The first-order valence-electron chi connectivity index (χ1n) is 6.83. The summed E-state index contributed by atoms with van der Waals surface area (Å²) in [4.78, 5) is 13.5. The van der Waals surface area contributed by atoms with Crippen LogP contribution in [0.1, 0.15) is 24.2 Å². The van der Waals surface area contributed by atoms with E-state index in [1.54, 1.807) is 0 Å². The van der Waals surface area contributed by atoms with E-state index in [0.29, 0.717) is 0 Å². The minimum absolute atomic E-state index is 0.0375. The number of thioether (sulfide) groups is 1. The first-order chi connectivity index (χ1) is 9.78. The summed E-state index contributed by atoms with van der Waals surface area (Å²) in [5, 5.41) is 2.61. The van der Waals surface area contributed by atoms with Gasteiger partial charge < -0.3 is 4.74 Å². The van der Waals surface area contributed by atoms with Crippen molar-refractivity contribution in [2.24, 2.45) is 5.92 Å². The summed E-state index contributed by atoms with van der Waals surface area (Å²) in [7, 11) is 0. The van der Waals surface area contributed by atoms with E-state index in [9.17, 15) is 4.79 Å². The van der Waals surface area contributed by atoms with Gasteiger partial charge in [0.1, 0.15) is 5.75 Å². The van der Waals surface area contributed by atoms with Crippen LogP contribution >= 0.6 is 11.8 Å². The summed E-state index contributed by atoms with van der Waals surface area (Å²) in [6.45, 7) is 2.04.